The van der Waals surface area contributed by atoms with Crippen LogP contribution in [0, 0.1) is 24.4 Å². The van der Waals surface area contributed by atoms with E-state index < -0.39 is 23.6 Å². The Labute approximate surface area is 109 Å². The summed E-state index contributed by atoms with van der Waals surface area (Å²) in [6, 6.07) is 7.75. The third-order valence-electron chi connectivity index (χ3n) is 3.04. The minimum absolute atomic E-state index is 0.198. The molecule has 0 aliphatic carbocycles. The minimum atomic E-state index is -1.15. The lowest BCUT2D eigenvalue weighted by Crippen LogP contribution is -2.06. The number of aliphatic hydroxyl groups is 1. The van der Waals surface area contributed by atoms with E-state index in [0.717, 1.165) is 12.1 Å². The van der Waals surface area contributed by atoms with Crippen molar-refractivity contribution in [3.8, 4) is 0 Å². The van der Waals surface area contributed by atoms with Crippen molar-refractivity contribution < 1.29 is 18.3 Å². The van der Waals surface area contributed by atoms with Crippen LogP contribution in [0.3, 0.4) is 0 Å². The van der Waals surface area contributed by atoms with Crippen molar-refractivity contribution in [2.45, 2.75) is 19.4 Å². The Morgan fingerprint density at radius 3 is 2.21 bits per heavy atom. The van der Waals surface area contributed by atoms with Crippen molar-refractivity contribution in [3.63, 3.8) is 0 Å². The first-order valence-electron chi connectivity index (χ1n) is 5.86. The first-order valence-corrected chi connectivity index (χ1v) is 5.86. The highest BCUT2D eigenvalue weighted by atomic mass is 19.1. The van der Waals surface area contributed by atoms with E-state index in [-0.39, 0.29) is 12.0 Å². The number of hydrogen-bond donors (Lipinski definition) is 1. The van der Waals surface area contributed by atoms with Gasteiger partial charge in [-0.25, -0.2) is 13.2 Å². The van der Waals surface area contributed by atoms with Crippen molar-refractivity contribution in [2.75, 3.05) is 0 Å². The quantitative estimate of drug-likeness (QED) is 0.898. The summed E-state index contributed by atoms with van der Waals surface area (Å²) in [5, 5.41) is 9.94. The Balaban J connectivity index is 2.25. The maximum Gasteiger partial charge on any atom is 0.129 e. The molecule has 4 heteroatoms. The SMILES string of the molecule is Cc1ccc(C(O)Cc2c(F)cccc2F)cc1F. The minimum Gasteiger partial charge on any atom is -0.388 e. The fraction of sp³-hybridized carbons (Fsp3) is 0.200. The molecule has 0 aliphatic heterocycles. The molecular formula is C15H13F3O. The highest BCUT2D eigenvalue weighted by Crippen LogP contribution is 2.23. The Hall–Kier alpha value is -1.81. The Kier molecular flexibility index (Phi) is 3.90. The molecule has 1 atom stereocenters. The zero-order valence-electron chi connectivity index (χ0n) is 10.3. The lowest BCUT2D eigenvalue weighted by Gasteiger charge is -2.13. The van der Waals surface area contributed by atoms with Gasteiger partial charge in [-0.2, -0.15) is 0 Å². The van der Waals surface area contributed by atoms with Crippen molar-refractivity contribution in [2.24, 2.45) is 0 Å². The van der Waals surface area contributed by atoms with E-state index >= 15 is 0 Å². The molecule has 0 bridgehead atoms. The van der Waals surface area contributed by atoms with Gasteiger partial charge in [-0.3, -0.25) is 0 Å². The molecule has 100 valence electrons. The summed E-state index contributed by atoms with van der Waals surface area (Å²) in [4.78, 5) is 0. The smallest absolute Gasteiger partial charge is 0.129 e. The largest absolute Gasteiger partial charge is 0.388 e. The van der Waals surface area contributed by atoms with Gasteiger partial charge in [-0.05, 0) is 36.2 Å². The van der Waals surface area contributed by atoms with Crippen LogP contribution >= 0.6 is 0 Å². The van der Waals surface area contributed by atoms with E-state index in [1.807, 2.05) is 0 Å². The molecule has 0 heterocycles. The van der Waals surface area contributed by atoms with Gasteiger partial charge in [-0.15, -0.1) is 0 Å². The fourth-order valence-electron chi connectivity index (χ4n) is 1.85. The maximum absolute atomic E-state index is 13.4. The van der Waals surface area contributed by atoms with Gasteiger partial charge in [-0.1, -0.05) is 18.2 Å². The van der Waals surface area contributed by atoms with Crippen molar-refractivity contribution in [3.05, 3.63) is 70.5 Å². The molecule has 0 saturated heterocycles. The van der Waals surface area contributed by atoms with E-state index in [9.17, 15) is 18.3 Å². The molecule has 1 N–H and O–H groups in total. The average molecular weight is 266 g/mol. The molecule has 0 aliphatic rings. The van der Waals surface area contributed by atoms with Crippen molar-refractivity contribution >= 4 is 0 Å². The average Bonchev–Trinajstić information content (AvgIpc) is 2.37. The molecule has 0 amide bonds. The standard InChI is InChI=1S/C15H13F3O/c1-9-5-6-10(7-14(9)18)15(19)8-11-12(16)3-2-4-13(11)17/h2-7,15,19H,8H2,1H3. The molecule has 1 unspecified atom stereocenters. The maximum atomic E-state index is 13.4. The molecule has 0 aromatic heterocycles. The van der Waals surface area contributed by atoms with Crippen LogP contribution < -0.4 is 0 Å². The van der Waals surface area contributed by atoms with Gasteiger partial charge >= 0.3 is 0 Å². The second-order valence-corrected chi connectivity index (χ2v) is 4.43. The molecule has 2 aromatic rings. The fourth-order valence-corrected chi connectivity index (χ4v) is 1.85. The molecule has 19 heavy (non-hydrogen) atoms. The second kappa shape index (κ2) is 5.45. The molecule has 2 rings (SSSR count). The van der Waals surface area contributed by atoms with Crippen LogP contribution in [-0.4, -0.2) is 5.11 Å². The first kappa shape index (κ1) is 13.6. The lowest BCUT2D eigenvalue weighted by molar-refractivity contribution is 0.175. The number of rotatable bonds is 3. The normalized spacial score (nSPS) is 12.5. The van der Waals surface area contributed by atoms with Crippen LogP contribution in [0.1, 0.15) is 22.8 Å². The molecule has 0 radical (unpaired) electrons. The number of aryl methyl sites for hydroxylation is 1. The molecule has 2 aromatic carbocycles. The van der Waals surface area contributed by atoms with Gasteiger partial charge in [0.15, 0.2) is 0 Å². The zero-order valence-corrected chi connectivity index (χ0v) is 10.3. The molecule has 0 spiro atoms. The summed E-state index contributed by atoms with van der Waals surface area (Å²) >= 11 is 0. The van der Waals surface area contributed by atoms with Gasteiger partial charge in [0.2, 0.25) is 0 Å². The molecular weight excluding hydrogens is 253 g/mol. The van der Waals surface area contributed by atoms with E-state index in [4.69, 9.17) is 0 Å². The lowest BCUT2D eigenvalue weighted by atomic mass is 9.99. The van der Waals surface area contributed by atoms with E-state index in [1.54, 1.807) is 13.0 Å². The van der Waals surface area contributed by atoms with E-state index in [2.05, 4.69) is 0 Å². The first-order chi connectivity index (χ1) is 8.99. The van der Waals surface area contributed by atoms with Crippen LogP contribution in [0.15, 0.2) is 36.4 Å². The van der Waals surface area contributed by atoms with Crippen LogP contribution in [0.5, 0.6) is 0 Å². The van der Waals surface area contributed by atoms with E-state index in [0.29, 0.717) is 11.1 Å². The van der Waals surface area contributed by atoms with Gasteiger partial charge in [0.25, 0.3) is 0 Å². The summed E-state index contributed by atoms with van der Waals surface area (Å²) in [6.45, 7) is 1.60. The van der Waals surface area contributed by atoms with Gasteiger partial charge < -0.3 is 5.11 Å². The second-order valence-electron chi connectivity index (χ2n) is 4.43. The number of aliphatic hydroxyl groups excluding tert-OH is 1. The molecule has 1 nitrogen and oxygen atoms in total. The predicted octanol–water partition coefficient (Wildman–Crippen LogP) is 3.69. The Bertz CT molecular complexity index is 576. The number of hydrogen-bond acceptors (Lipinski definition) is 1. The van der Waals surface area contributed by atoms with Crippen molar-refractivity contribution in [1.82, 2.24) is 0 Å². The topological polar surface area (TPSA) is 20.2 Å². The van der Waals surface area contributed by atoms with Gasteiger partial charge in [0.05, 0.1) is 6.10 Å². The molecule has 0 saturated carbocycles. The van der Waals surface area contributed by atoms with Crippen molar-refractivity contribution in [1.29, 1.82) is 0 Å². The van der Waals surface area contributed by atoms with Gasteiger partial charge in [0, 0.05) is 12.0 Å². The number of halogens is 3. The Morgan fingerprint density at radius 2 is 1.63 bits per heavy atom. The molecule has 0 fully saturated rings. The number of benzene rings is 2. The highest BCUT2D eigenvalue weighted by molar-refractivity contribution is 5.27. The van der Waals surface area contributed by atoms with Crippen LogP contribution in [0.25, 0.3) is 0 Å². The summed E-state index contributed by atoms with van der Waals surface area (Å²) in [7, 11) is 0. The zero-order chi connectivity index (χ0) is 14.0. The Morgan fingerprint density at radius 1 is 1.00 bits per heavy atom. The summed E-state index contributed by atoms with van der Waals surface area (Å²) in [6.07, 6.45) is -1.39. The third kappa shape index (κ3) is 2.96. The highest BCUT2D eigenvalue weighted by Gasteiger charge is 2.16. The van der Waals surface area contributed by atoms with Crippen LogP contribution in [-0.2, 0) is 6.42 Å². The predicted molar refractivity (Wildman–Crippen MR) is 66.2 cm³/mol. The summed E-state index contributed by atoms with van der Waals surface area (Å²) in [5.74, 6) is -1.89. The van der Waals surface area contributed by atoms with Crippen LogP contribution in [0.2, 0.25) is 0 Å². The van der Waals surface area contributed by atoms with E-state index in [1.165, 1.54) is 18.2 Å². The summed E-state index contributed by atoms with van der Waals surface area (Å²) < 4.78 is 40.3. The summed E-state index contributed by atoms with van der Waals surface area (Å²) in [5.41, 5.74) is 0.551. The van der Waals surface area contributed by atoms with Crippen LogP contribution in [0.4, 0.5) is 13.2 Å². The monoisotopic (exact) mass is 266 g/mol. The van der Waals surface area contributed by atoms with Gasteiger partial charge in [0.1, 0.15) is 17.5 Å². The third-order valence-corrected chi connectivity index (χ3v) is 3.04.